The Morgan fingerprint density at radius 2 is 1.95 bits per heavy atom. The number of rotatable bonds is 5. The molecule has 0 aliphatic heterocycles. The van der Waals surface area contributed by atoms with Gasteiger partial charge < -0.3 is 5.11 Å². The molecule has 0 aliphatic carbocycles. The van der Waals surface area contributed by atoms with Gasteiger partial charge in [-0.2, -0.15) is 5.26 Å². The van der Waals surface area contributed by atoms with Crippen LogP contribution < -0.4 is 0 Å². The number of aliphatic carboxylic acids is 1. The zero-order chi connectivity index (χ0) is 15.9. The van der Waals surface area contributed by atoms with Crippen molar-refractivity contribution >= 4 is 12.0 Å². The summed E-state index contributed by atoms with van der Waals surface area (Å²) < 4.78 is 0. The Balaban J connectivity index is 2.70. The van der Waals surface area contributed by atoms with Crippen LogP contribution in [0.1, 0.15) is 16.7 Å². The molecule has 0 fully saturated rings. The lowest BCUT2D eigenvalue weighted by molar-refractivity contribution is -0.131. The highest BCUT2D eigenvalue weighted by Gasteiger charge is 2.13. The smallest absolute Gasteiger partial charge is 0.328 e. The van der Waals surface area contributed by atoms with Crippen LogP contribution in [0, 0.1) is 11.3 Å². The second kappa shape index (κ2) is 7.05. The Morgan fingerprint density at radius 3 is 2.55 bits per heavy atom. The molecule has 0 atom stereocenters. The van der Waals surface area contributed by atoms with Gasteiger partial charge in [-0.15, -0.1) is 6.58 Å². The van der Waals surface area contributed by atoms with Crippen molar-refractivity contribution in [3.63, 3.8) is 0 Å². The zero-order valence-corrected chi connectivity index (χ0v) is 12.0. The average Bonchev–Trinajstić information content (AvgIpc) is 2.54. The van der Waals surface area contributed by atoms with Crippen LogP contribution in [0.3, 0.4) is 0 Å². The van der Waals surface area contributed by atoms with Crippen LogP contribution in [0.4, 0.5) is 0 Å². The van der Waals surface area contributed by atoms with E-state index < -0.39 is 5.97 Å². The Hall–Kier alpha value is -3.12. The fraction of sp³-hybridized carbons (Fsp3) is 0.0526. The quantitative estimate of drug-likeness (QED) is 0.667. The molecule has 0 aliphatic rings. The van der Waals surface area contributed by atoms with E-state index in [9.17, 15) is 10.1 Å². The minimum Gasteiger partial charge on any atom is -0.478 e. The van der Waals surface area contributed by atoms with Crippen LogP contribution in [0.25, 0.3) is 17.2 Å². The summed E-state index contributed by atoms with van der Waals surface area (Å²) in [5.41, 5.74) is 3.82. The second-order valence-corrected chi connectivity index (χ2v) is 4.71. The molecule has 2 aromatic carbocycles. The third-order valence-electron chi connectivity index (χ3n) is 3.27. The number of allylic oxidation sites excluding steroid dienone is 1. The van der Waals surface area contributed by atoms with E-state index in [1.165, 1.54) is 6.08 Å². The van der Waals surface area contributed by atoms with E-state index in [0.29, 0.717) is 17.5 Å². The minimum absolute atomic E-state index is 0.475. The largest absolute Gasteiger partial charge is 0.478 e. The third-order valence-corrected chi connectivity index (χ3v) is 3.27. The summed E-state index contributed by atoms with van der Waals surface area (Å²) in [6.07, 6.45) is 4.92. The van der Waals surface area contributed by atoms with Crippen LogP contribution in [0.2, 0.25) is 0 Å². The highest BCUT2D eigenvalue weighted by Crippen LogP contribution is 2.31. The summed E-state index contributed by atoms with van der Waals surface area (Å²) >= 11 is 0. The number of nitriles is 1. The summed E-state index contributed by atoms with van der Waals surface area (Å²) in [4.78, 5) is 10.7. The number of carbonyl (C=O) groups is 1. The fourth-order valence-corrected chi connectivity index (χ4v) is 2.34. The van der Waals surface area contributed by atoms with Gasteiger partial charge in [0.25, 0.3) is 0 Å². The summed E-state index contributed by atoms with van der Waals surface area (Å²) in [6, 6.07) is 15.5. The van der Waals surface area contributed by atoms with Gasteiger partial charge >= 0.3 is 5.97 Å². The molecule has 2 aromatic rings. The first kappa shape index (κ1) is 15.3. The summed E-state index contributed by atoms with van der Waals surface area (Å²) in [6.45, 7) is 3.75. The molecule has 0 radical (unpaired) electrons. The molecule has 3 nitrogen and oxygen atoms in total. The molecule has 2 rings (SSSR count). The van der Waals surface area contributed by atoms with Gasteiger partial charge in [-0.1, -0.05) is 48.5 Å². The lowest BCUT2D eigenvalue weighted by Gasteiger charge is -2.13. The topological polar surface area (TPSA) is 61.1 Å². The molecule has 0 saturated carbocycles. The van der Waals surface area contributed by atoms with E-state index in [-0.39, 0.29) is 0 Å². The van der Waals surface area contributed by atoms with E-state index in [1.54, 1.807) is 12.1 Å². The summed E-state index contributed by atoms with van der Waals surface area (Å²) in [7, 11) is 0. The first-order chi connectivity index (χ1) is 10.7. The lowest BCUT2D eigenvalue weighted by atomic mass is 9.90. The third kappa shape index (κ3) is 3.31. The standard InChI is InChI=1S/C19H15NO2/c1-2-6-15-10-9-14(11-12-18(21)22)17(13-20)19(15)16-7-4-3-5-8-16/h2-5,7-12H,1,6H2,(H,21,22). The maximum absolute atomic E-state index is 10.7. The van der Waals surface area contributed by atoms with Crippen LogP contribution in [-0.2, 0) is 11.2 Å². The normalized spacial score (nSPS) is 10.3. The summed E-state index contributed by atoms with van der Waals surface area (Å²) in [5.74, 6) is -1.04. The molecule has 0 amide bonds. The van der Waals surface area contributed by atoms with E-state index in [1.807, 2.05) is 36.4 Å². The molecule has 22 heavy (non-hydrogen) atoms. The highest BCUT2D eigenvalue weighted by atomic mass is 16.4. The maximum atomic E-state index is 10.7. The van der Waals surface area contributed by atoms with E-state index in [0.717, 1.165) is 22.8 Å². The van der Waals surface area contributed by atoms with E-state index in [2.05, 4.69) is 12.6 Å². The van der Waals surface area contributed by atoms with Crippen molar-refractivity contribution in [1.29, 1.82) is 5.26 Å². The Kier molecular flexibility index (Phi) is 4.89. The van der Waals surface area contributed by atoms with Crippen LogP contribution in [0.5, 0.6) is 0 Å². The van der Waals surface area contributed by atoms with Crippen molar-refractivity contribution in [2.45, 2.75) is 6.42 Å². The first-order valence-corrected chi connectivity index (χ1v) is 6.80. The predicted molar refractivity (Wildman–Crippen MR) is 87.2 cm³/mol. The summed E-state index contributed by atoms with van der Waals surface area (Å²) in [5, 5.41) is 18.3. The zero-order valence-electron chi connectivity index (χ0n) is 12.0. The van der Waals surface area contributed by atoms with Crippen molar-refractivity contribution in [2.75, 3.05) is 0 Å². The number of hydrogen-bond donors (Lipinski definition) is 1. The molecule has 1 N–H and O–H groups in total. The lowest BCUT2D eigenvalue weighted by Crippen LogP contribution is -1.96. The van der Waals surface area contributed by atoms with E-state index >= 15 is 0 Å². The highest BCUT2D eigenvalue weighted by molar-refractivity contribution is 5.87. The molecule has 0 heterocycles. The van der Waals surface area contributed by atoms with Gasteiger partial charge in [-0.05, 0) is 29.2 Å². The van der Waals surface area contributed by atoms with Gasteiger partial charge in [0.15, 0.2) is 0 Å². The molecule has 108 valence electrons. The predicted octanol–water partition coefficient (Wildman–Crippen LogP) is 4.05. The molecule has 0 spiro atoms. The van der Waals surface area contributed by atoms with Crippen molar-refractivity contribution in [3.8, 4) is 17.2 Å². The Bertz CT molecular complexity index is 768. The monoisotopic (exact) mass is 289 g/mol. The number of benzene rings is 2. The van der Waals surface area contributed by atoms with Crippen molar-refractivity contribution in [3.05, 3.63) is 77.9 Å². The van der Waals surface area contributed by atoms with Crippen molar-refractivity contribution in [2.24, 2.45) is 0 Å². The average molecular weight is 289 g/mol. The van der Waals surface area contributed by atoms with Crippen molar-refractivity contribution in [1.82, 2.24) is 0 Å². The Morgan fingerprint density at radius 1 is 1.23 bits per heavy atom. The second-order valence-electron chi connectivity index (χ2n) is 4.71. The number of carboxylic acids is 1. The van der Waals surface area contributed by atoms with Gasteiger partial charge in [0.2, 0.25) is 0 Å². The number of carboxylic acid groups (broad SMARTS) is 1. The SMILES string of the molecule is C=CCc1ccc(C=CC(=O)O)c(C#N)c1-c1ccccc1. The van der Waals surface area contributed by atoms with E-state index in [4.69, 9.17) is 5.11 Å². The maximum Gasteiger partial charge on any atom is 0.328 e. The van der Waals surface area contributed by atoms with Gasteiger partial charge in [-0.25, -0.2) is 4.79 Å². The van der Waals surface area contributed by atoms with Gasteiger partial charge in [0, 0.05) is 11.6 Å². The molecule has 3 heteroatoms. The number of hydrogen-bond acceptors (Lipinski definition) is 2. The molecule has 0 saturated heterocycles. The molecular weight excluding hydrogens is 274 g/mol. The van der Waals surface area contributed by atoms with Gasteiger partial charge in [0.1, 0.15) is 6.07 Å². The van der Waals surface area contributed by atoms with Gasteiger partial charge in [0.05, 0.1) is 5.56 Å². The molecule has 0 bridgehead atoms. The van der Waals surface area contributed by atoms with Crippen molar-refractivity contribution < 1.29 is 9.90 Å². The van der Waals surface area contributed by atoms with Gasteiger partial charge in [-0.3, -0.25) is 0 Å². The van der Waals surface area contributed by atoms with Crippen LogP contribution >= 0.6 is 0 Å². The Labute approximate surface area is 129 Å². The van der Waals surface area contributed by atoms with Crippen LogP contribution in [0.15, 0.2) is 61.2 Å². The minimum atomic E-state index is -1.04. The molecule has 0 aromatic heterocycles. The molecular formula is C19H15NO2. The fourth-order valence-electron chi connectivity index (χ4n) is 2.34. The van der Waals surface area contributed by atoms with Crippen LogP contribution in [-0.4, -0.2) is 11.1 Å². The number of nitrogens with zero attached hydrogens (tertiary/aromatic N) is 1. The molecule has 0 unspecified atom stereocenters. The first-order valence-electron chi connectivity index (χ1n) is 6.80.